The van der Waals surface area contributed by atoms with E-state index in [0.717, 1.165) is 24.2 Å². The van der Waals surface area contributed by atoms with E-state index in [9.17, 15) is 4.79 Å². The van der Waals surface area contributed by atoms with Gasteiger partial charge in [0.2, 0.25) is 5.91 Å². The van der Waals surface area contributed by atoms with Crippen LogP contribution in [0.3, 0.4) is 0 Å². The number of rotatable bonds is 7. The molecule has 3 N–H and O–H groups in total. The van der Waals surface area contributed by atoms with Crippen molar-refractivity contribution in [3.05, 3.63) is 29.8 Å². The standard InChI is InChI=1S/C17H26N2O2.ClH/c1-12(2)21-15-6-4-5-13(9-15)10-16(20)19-17(3,11-18)14-7-8-14;/h4-6,9,12,14H,7-8,10-11,18H2,1-3H3,(H,19,20);1H. The zero-order valence-electron chi connectivity index (χ0n) is 13.6. The fourth-order valence-corrected chi connectivity index (χ4v) is 2.59. The molecule has 0 saturated heterocycles. The highest BCUT2D eigenvalue weighted by Crippen LogP contribution is 2.38. The monoisotopic (exact) mass is 326 g/mol. The van der Waals surface area contributed by atoms with Crippen LogP contribution in [-0.4, -0.2) is 24.1 Å². The van der Waals surface area contributed by atoms with Gasteiger partial charge in [0.15, 0.2) is 0 Å². The zero-order chi connectivity index (χ0) is 15.5. The first-order valence-corrected chi connectivity index (χ1v) is 7.69. The molecule has 1 saturated carbocycles. The molecule has 0 bridgehead atoms. The minimum atomic E-state index is -0.261. The summed E-state index contributed by atoms with van der Waals surface area (Å²) in [5, 5.41) is 3.11. The van der Waals surface area contributed by atoms with Gasteiger partial charge in [-0.1, -0.05) is 12.1 Å². The third kappa shape index (κ3) is 5.18. The number of hydrogen-bond acceptors (Lipinski definition) is 3. The lowest BCUT2D eigenvalue weighted by molar-refractivity contribution is -0.122. The second kappa shape index (κ2) is 7.84. The summed E-state index contributed by atoms with van der Waals surface area (Å²) in [6.45, 7) is 6.50. The summed E-state index contributed by atoms with van der Waals surface area (Å²) in [4.78, 5) is 12.2. The van der Waals surface area contributed by atoms with Gasteiger partial charge in [-0.25, -0.2) is 0 Å². The van der Waals surface area contributed by atoms with Gasteiger partial charge < -0.3 is 15.8 Å². The summed E-state index contributed by atoms with van der Waals surface area (Å²) in [6.07, 6.45) is 2.80. The van der Waals surface area contributed by atoms with Gasteiger partial charge in [-0.05, 0) is 57.2 Å². The molecule has 0 spiro atoms. The number of nitrogens with one attached hydrogen (secondary N) is 1. The van der Waals surface area contributed by atoms with Gasteiger partial charge in [0, 0.05) is 6.54 Å². The van der Waals surface area contributed by atoms with Crippen LogP contribution in [0.1, 0.15) is 39.2 Å². The van der Waals surface area contributed by atoms with Gasteiger partial charge in [-0.3, -0.25) is 4.79 Å². The van der Waals surface area contributed by atoms with E-state index >= 15 is 0 Å². The van der Waals surface area contributed by atoms with E-state index in [1.54, 1.807) is 0 Å². The molecule has 0 aliphatic heterocycles. The van der Waals surface area contributed by atoms with Crippen molar-refractivity contribution >= 4 is 18.3 Å². The van der Waals surface area contributed by atoms with Crippen LogP contribution in [-0.2, 0) is 11.2 Å². The highest BCUT2D eigenvalue weighted by Gasteiger charge is 2.41. The number of carbonyl (C=O) groups excluding carboxylic acids is 1. The minimum Gasteiger partial charge on any atom is -0.491 e. The van der Waals surface area contributed by atoms with Gasteiger partial charge in [-0.2, -0.15) is 0 Å². The Hall–Kier alpha value is -1.26. The Kier molecular flexibility index (Phi) is 6.69. The second-order valence-electron chi connectivity index (χ2n) is 6.43. The summed E-state index contributed by atoms with van der Waals surface area (Å²) in [5.74, 6) is 1.36. The predicted molar refractivity (Wildman–Crippen MR) is 91.5 cm³/mol. The summed E-state index contributed by atoms with van der Waals surface area (Å²) in [7, 11) is 0. The number of nitrogens with two attached hydrogens (primary N) is 1. The fourth-order valence-electron chi connectivity index (χ4n) is 2.59. The molecule has 1 atom stereocenters. The molecule has 1 aromatic rings. The quantitative estimate of drug-likeness (QED) is 0.809. The van der Waals surface area contributed by atoms with Crippen molar-refractivity contribution in [2.45, 2.75) is 51.7 Å². The highest BCUT2D eigenvalue weighted by molar-refractivity contribution is 5.85. The molecule has 0 aromatic heterocycles. The van der Waals surface area contributed by atoms with E-state index in [0.29, 0.717) is 18.9 Å². The maximum absolute atomic E-state index is 12.2. The molecule has 124 valence electrons. The van der Waals surface area contributed by atoms with Crippen LogP contribution < -0.4 is 15.8 Å². The van der Waals surface area contributed by atoms with E-state index < -0.39 is 0 Å². The van der Waals surface area contributed by atoms with Crippen LogP contribution in [0.5, 0.6) is 5.75 Å². The van der Waals surface area contributed by atoms with E-state index in [2.05, 4.69) is 5.32 Å². The van der Waals surface area contributed by atoms with Crippen LogP contribution in [0.15, 0.2) is 24.3 Å². The topological polar surface area (TPSA) is 64.3 Å². The Labute approximate surface area is 139 Å². The lowest BCUT2D eigenvalue weighted by Gasteiger charge is -2.29. The van der Waals surface area contributed by atoms with Crippen LogP contribution in [0.25, 0.3) is 0 Å². The first-order valence-electron chi connectivity index (χ1n) is 7.69. The molecule has 2 rings (SSSR count). The van der Waals surface area contributed by atoms with Gasteiger partial charge in [-0.15, -0.1) is 12.4 Å². The van der Waals surface area contributed by atoms with Crippen LogP contribution >= 0.6 is 12.4 Å². The molecule has 1 aromatic carbocycles. The average Bonchev–Trinajstić information content (AvgIpc) is 3.22. The fraction of sp³-hybridized carbons (Fsp3) is 0.588. The number of amides is 1. The van der Waals surface area contributed by atoms with Crippen molar-refractivity contribution in [1.82, 2.24) is 5.32 Å². The first kappa shape index (κ1) is 18.8. The Morgan fingerprint density at radius 2 is 2.14 bits per heavy atom. The average molecular weight is 327 g/mol. The van der Waals surface area contributed by atoms with E-state index in [1.807, 2.05) is 45.0 Å². The summed E-state index contributed by atoms with van der Waals surface area (Å²) < 4.78 is 5.66. The molecule has 1 amide bonds. The van der Waals surface area contributed by atoms with Crippen molar-refractivity contribution in [3.63, 3.8) is 0 Å². The summed E-state index contributed by atoms with van der Waals surface area (Å²) >= 11 is 0. The number of hydrogen-bond donors (Lipinski definition) is 2. The largest absolute Gasteiger partial charge is 0.491 e. The Morgan fingerprint density at radius 3 is 2.68 bits per heavy atom. The predicted octanol–water partition coefficient (Wildman–Crippen LogP) is 2.68. The third-order valence-electron chi connectivity index (χ3n) is 3.96. The van der Waals surface area contributed by atoms with Crippen LogP contribution in [0.4, 0.5) is 0 Å². The molecule has 1 aliphatic carbocycles. The molecule has 4 nitrogen and oxygen atoms in total. The molecule has 0 radical (unpaired) electrons. The van der Waals surface area contributed by atoms with Crippen LogP contribution in [0, 0.1) is 5.92 Å². The molecule has 5 heteroatoms. The lowest BCUT2D eigenvalue weighted by Crippen LogP contribution is -2.53. The maximum Gasteiger partial charge on any atom is 0.224 e. The Bertz CT molecular complexity index is 503. The van der Waals surface area contributed by atoms with Crippen LogP contribution in [0.2, 0.25) is 0 Å². The third-order valence-corrected chi connectivity index (χ3v) is 3.96. The number of carbonyl (C=O) groups is 1. The van der Waals surface area contributed by atoms with Gasteiger partial charge in [0.25, 0.3) is 0 Å². The smallest absolute Gasteiger partial charge is 0.224 e. The number of benzene rings is 1. The first-order chi connectivity index (χ1) is 9.93. The normalized spacial score (nSPS) is 16.6. The maximum atomic E-state index is 12.2. The van der Waals surface area contributed by atoms with Crippen molar-refractivity contribution in [2.24, 2.45) is 11.7 Å². The molecular formula is C17H27ClN2O2. The van der Waals surface area contributed by atoms with E-state index in [4.69, 9.17) is 10.5 Å². The SMILES string of the molecule is CC(C)Oc1cccc(CC(=O)NC(C)(CN)C2CC2)c1.Cl. The Balaban J connectivity index is 0.00000242. The Morgan fingerprint density at radius 1 is 1.45 bits per heavy atom. The van der Waals surface area contributed by atoms with Crippen molar-refractivity contribution in [1.29, 1.82) is 0 Å². The molecule has 1 unspecified atom stereocenters. The molecule has 22 heavy (non-hydrogen) atoms. The number of ether oxygens (including phenoxy) is 1. The summed E-state index contributed by atoms with van der Waals surface area (Å²) in [6, 6.07) is 7.71. The molecule has 1 fully saturated rings. The van der Waals surface area contributed by atoms with E-state index in [1.165, 1.54) is 0 Å². The van der Waals surface area contributed by atoms with Gasteiger partial charge >= 0.3 is 0 Å². The number of halogens is 1. The van der Waals surface area contributed by atoms with Crippen molar-refractivity contribution < 1.29 is 9.53 Å². The van der Waals surface area contributed by atoms with Crippen molar-refractivity contribution in [3.8, 4) is 5.75 Å². The molecule has 1 aliphatic rings. The lowest BCUT2D eigenvalue weighted by atomic mass is 9.95. The highest BCUT2D eigenvalue weighted by atomic mass is 35.5. The second-order valence-corrected chi connectivity index (χ2v) is 6.43. The van der Waals surface area contributed by atoms with Crippen molar-refractivity contribution in [2.75, 3.05) is 6.54 Å². The summed E-state index contributed by atoms with van der Waals surface area (Å²) in [5.41, 5.74) is 6.53. The molecule has 0 heterocycles. The zero-order valence-corrected chi connectivity index (χ0v) is 14.4. The van der Waals surface area contributed by atoms with Gasteiger partial charge in [0.1, 0.15) is 5.75 Å². The minimum absolute atomic E-state index is 0. The van der Waals surface area contributed by atoms with Gasteiger partial charge in [0.05, 0.1) is 18.1 Å². The van der Waals surface area contributed by atoms with E-state index in [-0.39, 0.29) is 30.0 Å². The molecular weight excluding hydrogens is 300 g/mol.